The summed E-state index contributed by atoms with van der Waals surface area (Å²) < 4.78 is 16.6. The van der Waals surface area contributed by atoms with E-state index in [-0.39, 0.29) is 31.0 Å². The van der Waals surface area contributed by atoms with Gasteiger partial charge in [-0.2, -0.15) is 0 Å². The van der Waals surface area contributed by atoms with Gasteiger partial charge in [-0.3, -0.25) is 0 Å². The van der Waals surface area contributed by atoms with Crippen LogP contribution in [0.2, 0.25) is 0 Å². The van der Waals surface area contributed by atoms with Crippen molar-refractivity contribution in [1.29, 1.82) is 0 Å². The average molecular weight is 254 g/mol. The summed E-state index contributed by atoms with van der Waals surface area (Å²) in [7, 11) is -0.454. The molecule has 3 nitrogen and oxygen atoms in total. The minimum Gasteiger partial charge on any atom is -1.00 e. The first-order chi connectivity index (χ1) is 7.85. The van der Waals surface area contributed by atoms with Crippen molar-refractivity contribution in [2.75, 3.05) is 19.8 Å². The van der Waals surface area contributed by atoms with Crippen LogP contribution in [0.15, 0.2) is 0 Å². The van der Waals surface area contributed by atoms with Gasteiger partial charge < -0.3 is 15.4 Å². The minimum absolute atomic E-state index is 0. The van der Waals surface area contributed by atoms with Gasteiger partial charge in [0.25, 0.3) is 0 Å². The molecule has 0 aliphatic carbocycles. The van der Waals surface area contributed by atoms with Crippen molar-refractivity contribution in [3.63, 3.8) is 0 Å². The molecule has 0 rings (SSSR count). The fourth-order valence-corrected chi connectivity index (χ4v) is 1.12. The van der Waals surface area contributed by atoms with Crippen molar-refractivity contribution in [1.82, 2.24) is 0 Å². The van der Waals surface area contributed by atoms with Gasteiger partial charge in [0.05, 0.1) is 0 Å². The van der Waals surface area contributed by atoms with Crippen LogP contribution in [0.25, 0.3) is 0 Å². The Labute approximate surface area is 131 Å². The minimum atomic E-state index is -0.454. The smallest absolute Gasteiger partial charge is 1.00 e. The molecule has 0 spiro atoms. The second-order valence-corrected chi connectivity index (χ2v) is 3.96. The molecule has 98 valence electrons. The Hall–Kier alpha value is 0.945. The molecule has 0 aliphatic rings. The van der Waals surface area contributed by atoms with Crippen molar-refractivity contribution < 1.29 is 44.9 Å². The molecule has 0 amide bonds. The zero-order chi connectivity index (χ0) is 12.1. The number of hydrogen-bond donors (Lipinski definition) is 0. The van der Waals surface area contributed by atoms with Gasteiger partial charge in [0.15, 0.2) is 0 Å². The maximum atomic E-state index is 5.53. The van der Waals surface area contributed by atoms with Gasteiger partial charge in [-0.1, -0.05) is 40.0 Å². The first-order valence-corrected chi connectivity index (χ1v) is 6.69. The molecule has 0 atom stereocenters. The summed E-state index contributed by atoms with van der Waals surface area (Å²) in [5, 5.41) is 0. The Morgan fingerprint density at radius 2 is 1.00 bits per heavy atom. The van der Waals surface area contributed by atoms with Gasteiger partial charge in [-0.25, -0.2) is 0 Å². The first-order valence-electron chi connectivity index (χ1n) is 6.69. The van der Waals surface area contributed by atoms with Gasteiger partial charge in [-0.05, 0) is 19.3 Å². The third kappa shape index (κ3) is 14.9. The second kappa shape index (κ2) is 16.9. The molecule has 0 aromatic heterocycles. The quantitative estimate of drug-likeness (QED) is 0.376. The third-order valence-corrected chi connectivity index (χ3v) is 2.26. The van der Waals surface area contributed by atoms with Gasteiger partial charge in [-0.15, -0.1) is 0 Å². The maximum absolute atomic E-state index is 5.53. The molecule has 0 fully saturated rings. The van der Waals surface area contributed by atoms with Crippen LogP contribution >= 0.6 is 0 Å². The van der Waals surface area contributed by atoms with Crippen LogP contribution in [0, 0.1) is 0 Å². The molecular weight excluding hydrogens is 226 g/mol. The molecule has 0 unspecified atom stereocenters. The summed E-state index contributed by atoms with van der Waals surface area (Å²) in [6, 6.07) is 0. The van der Waals surface area contributed by atoms with Crippen LogP contribution in [-0.2, 0) is 14.0 Å². The molecule has 0 aliphatic heterocycles. The molecule has 5 heteroatoms. The molecule has 0 saturated heterocycles. The molecule has 0 heterocycles. The summed E-state index contributed by atoms with van der Waals surface area (Å²) in [5.41, 5.74) is 0. The molecule has 0 N–H and O–H groups in total. The fourth-order valence-electron chi connectivity index (χ4n) is 1.12. The summed E-state index contributed by atoms with van der Waals surface area (Å²) >= 11 is 0. The van der Waals surface area contributed by atoms with Crippen molar-refractivity contribution in [3.8, 4) is 0 Å². The molecule has 0 saturated carbocycles. The van der Waals surface area contributed by atoms with Gasteiger partial charge in [0, 0.05) is 19.8 Å². The van der Waals surface area contributed by atoms with E-state index in [1.54, 1.807) is 0 Å². The van der Waals surface area contributed by atoms with Crippen LogP contribution in [-0.4, -0.2) is 27.1 Å². The zero-order valence-electron chi connectivity index (χ0n) is 13.2. The van der Waals surface area contributed by atoms with Crippen molar-refractivity contribution in [2.24, 2.45) is 0 Å². The summed E-state index contributed by atoms with van der Waals surface area (Å²) in [4.78, 5) is 0. The molecule has 0 bridgehead atoms. The van der Waals surface area contributed by atoms with Gasteiger partial charge in [0.2, 0.25) is 0 Å². The van der Waals surface area contributed by atoms with Crippen molar-refractivity contribution in [3.05, 3.63) is 0 Å². The summed E-state index contributed by atoms with van der Waals surface area (Å²) in [5.74, 6) is 0. The normalized spacial score (nSPS) is 10.1. The van der Waals surface area contributed by atoms with Gasteiger partial charge in [0.1, 0.15) is 0 Å². The van der Waals surface area contributed by atoms with E-state index in [9.17, 15) is 0 Å². The zero-order valence-corrected chi connectivity index (χ0v) is 14.2. The predicted octanol–water partition coefficient (Wildman–Crippen LogP) is 0.538. The van der Waals surface area contributed by atoms with E-state index in [1.165, 1.54) is 0 Å². The van der Waals surface area contributed by atoms with Crippen LogP contribution < -0.4 is 29.6 Å². The standard InChI is InChI=1S/C12H27BO3.Na.H/c1-4-7-10-14-13(15-11-8-5-2)16-12-9-6-3;;/h4-12H2,1-3H3;;/q;+1;-1. The maximum Gasteiger partial charge on any atom is 1.00 e. The number of unbranched alkanes of at least 4 members (excludes halogenated alkanes) is 3. The van der Waals surface area contributed by atoms with Crippen LogP contribution in [0.1, 0.15) is 60.7 Å². The van der Waals surface area contributed by atoms with Gasteiger partial charge >= 0.3 is 36.9 Å². The Morgan fingerprint density at radius 3 is 1.24 bits per heavy atom. The Kier molecular flexibility index (Phi) is 20.2. The Morgan fingerprint density at radius 1 is 0.706 bits per heavy atom. The summed E-state index contributed by atoms with van der Waals surface area (Å²) in [6.07, 6.45) is 6.59. The van der Waals surface area contributed by atoms with Crippen molar-refractivity contribution in [2.45, 2.75) is 59.3 Å². The van der Waals surface area contributed by atoms with E-state index in [2.05, 4.69) is 20.8 Å². The van der Waals surface area contributed by atoms with E-state index >= 15 is 0 Å². The van der Waals surface area contributed by atoms with Crippen LogP contribution in [0.3, 0.4) is 0 Å². The van der Waals surface area contributed by atoms with Crippen molar-refractivity contribution >= 4 is 7.32 Å². The largest absolute Gasteiger partial charge is 1.00 e. The first kappa shape index (κ1) is 20.3. The summed E-state index contributed by atoms with van der Waals surface area (Å²) in [6.45, 7) is 8.61. The second-order valence-electron chi connectivity index (χ2n) is 3.96. The fraction of sp³-hybridized carbons (Fsp3) is 1.00. The number of rotatable bonds is 12. The Balaban J connectivity index is -0.00000112. The van der Waals surface area contributed by atoms with E-state index in [4.69, 9.17) is 14.0 Å². The predicted molar refractivity (Wildman–Crippen MR) is 69.4 cm³/mol. The molecule has 17 heavy (non-hydrogen) atoms. The van der Waals surface area contributed by atoms with E-state index in [1.807, 2.05) is 0 Å². The SMILES string of the molecule is CCCCOB(OCCCC)OCCCC.[H-].[Na+]. The topological polar surface area (TPSA) is 27.7 Å². The third-order valence-electron chi connectivity index (χ3n) is 2.26. The van der Waals surface area contributed by atoms with E-state index in [0.29, 0.717) is 0 Å². The monoisotopic (exact) mass is 254 g/mol. The Bertz CT molecular complexity index is 121. The molecule has 0 radical (unpaired) electrons. The molecule has 0 aromatic rings. The number of hydrogen-bond acceptors (Lipinski definition) is 3. The molecule has 0 aromatic carbocycles. The molecular formula is C12H28BNaO3. The average Bonchev–Trinajstić information content (AvgIpc) is 2.29. The van der Waals surface area contributed by atoms with E-state index < -0.39 is 7.32 Å². The van der Waals surface area contributed by atoms with E-state index in [0.717, 1.165) is 58.3 Å². The van der Waals surface area contributed by atoms with Crippen LogP contribution in [0.4, 0.5) is 0 Å². The van der Waals surface area contributed by atoms with Crippen LogP contribution in [0.5, 0.6) is 0 Å².